The molecule has 0 spiro atoms. The zero-order valence-corrected chi connectivity index (χ0v) is 9.85. The maximum absolute atomic E-state index is 12.7. The molecule has 1 N–H and O–H groups in total. The normalized spacial score (nSPS) is 11.3. The van der Waals surface area contributed by atoms with Crippen LogP contribution in [0.25, 0.3) is 0 Å². The smallest absolute Gasteiger partial charge is 0.418 e. The molecule has 1 aromatic carbocycles. The third-order valence-corrected chi connectivity index (χ3v) is 2.30. The molecule has 0 fully saturated rings. The summed E-state index contributed by atoms with van der Waals surface area (Å²) >= 11 is 0. The number of rotatable bonds is 3. The lowest BCUT2D eigenvalue weighted by Crippen LogP contribution is -2.41. The minimum Gasteiger partial charge on any atom is -0.539 e. The molecule has 1 heterocycles. The van der Waals surface area contributed by atoms with Crippen molar-refractivity contribution in [3.05, 3.63) is 36.0 Å². The van der Waals surface area contributed by atoms with E-state index in [4.69, 9.17) is 0 Å². The summed E-state index contributed by atoms with van der Waals surface area (Å²) in [6, 6.07) is 4.57. The number of aromatic nitrogens is 2. The Labute approximate surface area is 110 Å². The number of benzene rings is 1. The van der Waals surface area contributed by atoms with Crippen LogP contribution in [0.15, 0.2) is 35.0 Å². The van der Waals surface area contributed by atoms with Gasteiger partial charge in [0, 0.05) is 0 Å². The molecule has 9 heteroatoms. The van der Waals surface area contributed by atoms with E-state index in [0.29, 0.717) is 0 Å². The van der Waals surface area contributed by atoms with Gasteiger partial charge in [0.1, 0.15) is 5.95 Å². The number of carbonyl (C=O) groups is 1. The molecule has 0 aliphatic carbocycles. The molecule has 0 aliphatic heterocycles. The monoisotopic (exact) mass is 287 g/mol. The molecule has 0 bridgehead atoms. The van der Waals surface area contributed by atoms with Crippen molar-refractivity contribution in [2.45, 2.75) is 12.7 Å². The van der Waals surface area contributed by atoms with Gasteiger partial charge in [0.2, 0.25) is 6.20 Å². The Balaban J connectivity index is 2.12. The number of anilines is 1. The summed E-state index contributed by atoms with van der Waals surface area (Å²) in [5, 5.41) is 16.0. The largest absolute Gasteiger partial charge is 0.539 e. The summed E-state index contributed by atoms with van der Waals surface area (Å²) in [7, 11) is 0. The number of para-hydroxylation sites is 1. The van der Waals surface area contributed by atoms with Crippen LogP contribution in [0, 0.1) is 0 Å². The predicted molar refractivity (Wildman–Crippen MR) is 56.2 cm³/mol. The lowest BCUT2D eigenvalue weighted by molar-refractivity contribution is -0.750. The van der Waals surface area contributed by atoms with Gasteiger partial charge in [-0.05, 0) is 12.1 Å². The van der Waals surface area contributed by atoms with Crippen LogP contribution in [0.5, 0.6) is 5.95 Å². The molecule has 2 aromatic rings. The molecule has 0 saturated heterocycles. The van der Waals surface area contributed by atoms with Gasteiger partial charge in [-0.25, -0.2) is 0 Å². The van der Waals surface area contributed by atoms with E-state index in [1.165, 1.54) is 12.1 Å². The summed E-state index contributed by atoms with van der Waals surface area (Å²) in [4.78, 5) is 11.6. The lowest BCUT2D eigenvalue weighted by Gasteiger charge is -2.12. The molecule has 0 aliphatic rings. The van der Waals surface area contributed by atoms with Crippen molar-refractivity contribution in [1.29, 1.82) is 0 Å². The highest BCUT2D eigenvalue weighted by molar-refractivity contribution is 5.90. The fourth-order valence-corrected chi connectivity index (χ4v) is 1.51. The first-order valence-electron chi connectivity index (χ1n) is 5.36. The van der Waals surface area contributed by atoms with Crippen LogP contribution in [-0.4, -0.2) is 11.2 Å². The van der Waals surface area contributed by atoms with Gasteiger partial charge in [0.05, 0.1) is 16.5 Å². The molecule has 2 rings (SSSR count). The maximum atomic E-state index is 12.7. The molecular formula is C11H8F3N3O3. The number of nitrogens with one attached hydrogen (secondary N) is 1. The second-order valence-electron chi connectivity index (χ2n) is 3.81. The van der Waals surface area contributed by atoms with Crippen LogP contribution in [0.4, 0.5) is 18.9 Å². The average molecular weight is 287 g/mol. The third-order valence-electron chi connectivity index (χ3n) is 2.30. The van der Waals surface area contributed by atoms with E-state index < -0.39 is 30.1 Å². The van der Waals surface area contributed by atoms with Crippen molar-refractivity contribution in [3.8, 4) is 5.95 Å². The minimum absolute atomic E-state index is 0.364. The van der Waals surface area contributed by atoms with Gasteiger partial charge in [0.15, 0.2) is 0 Å². The number of hydrogen-bond donors (Lipinski definition) is 1. The zero-order chi connectivity index (χ0) is 14.8. The molecule has 0 radical (unpaired) electrons. The summed E-state index contributed by atoms with van der Waals surface area (Å²) in [5.41, 5.74) is -1.32. The van der Waals surface area contributed by atoms with Gasteiger partial charge in [-0.1, -0.05) is 16.8 Å². The standard InChI is InChI=1S/C11H8F3N3O3/c12-11(13,14)7-3-1-2-4-8(7)15-9(18)5-17-6-10(19)20-16-17/h1-4,6H,5H2,(H-,15,16,18,19). The Bertz CT molecular complexity index is 625. The Kier molecular flexibility index (Phi) is 3.59. The quantitative estimate of drug-likeness (QED) is 0.842. The first-order valence-corrected chi connectivity index (χ1v) is 5.36. The van der Waals surface area contributed by atoms with Crippen LogP contribution in [0.3, 0.4) is 0 Å². The number of hydrogen-bond acceptors (Lipinski definition) is 4. The lowest BCUT2D eigenvalue weighted by atomic mass is 10.1. The van der Waals surface area contributed by atoms with E-state index in [9.17, 15) is 23.1 Å². The van der Waals surface area contributed by atoms with Crippen molar-refractivity contribution >= 4 is 11.6 Å². The number of amides is 1. The van der Waals surface area contributed by atoms with Gasteiger partial charge in [0.25, 0.3) is 12.5 Å². The highest BCUT2D eigenvalue weighted by atomic mass is 19.4. The second-order valence-corrected chi connectivity index (χ2v) is 3.81. The third kappa shape index (κ3) is 3.25. The predicted octanol–water partition coefficient (Wildman–Crippen LogP) is 0.693. The van der Waals surface area contributed by atoms with E-state index in [1.54, 1.807) is 0 Å². The minimum atomic E-state index is -4.58. The summed E-state index contributed by atoms with van der Waals surface area (Å²) in [6.07, 6.45) is -3.66. The number of carbonyl (C=O) groups excluding carboxylic acids is 1. The Morgan fingerprint density at radius 2 is 2.10 bits per heavy atom. The molecule has 6 nitrogen and oxygen atoms in total. The fourth-order valence-electron chi connectivity index (χ4n) is 1.51. The van der Waals surface area contributed by atoms with Crippen molar-refractivity contribution in [1.82, 2.24) is 5.27 Å². The molecule has 20 heavy (non-hydrogen) atoms. The summed E-state index contributed by atoms with van der Waals surface area (Å²) < 4.78 is 43.2. The number of nitrogens with zero attached hydrogens (tertiary/aromatic N) is 2. The fraction of sp³-hybridized carbons (Fsp3) is 0.182. The van der Waals surface area contributed by atoms with Crippen LogP contribution in [0.2, 0.25) is 0 Å². The van der Waals surface area contributed by atoms with E-state index in [1.807, 2.05) is 0 Å². The van der Waals surface area contributed by atoms with Gasteiger partial charge in [-0.3, -0.25) is 4.79 Å². The molecule has 1 amide bonds. The SMILES string of the molecule is O=C(C[n+]1cc([O-])on1)Nc1ccccc1C(F)(F)F. The van der Waals surface area contributed by atoms with Crippen LogP contribution in [-0.2, 0) is 17.5 Å². The van der Waals surface area contributed by atoms with Crippen LogP contribution in [0.1, 0.15) is 5.56 Å². The Morgan fingerprint density at radius 3 is 2.70 bits per heavy atom. The Hall–Kier alpha value is -2.58. The molecule has 106 valence electrons. The Morgan fingerprint density at radius 1 is 1.40 bits per heavy atom. The van der Waals surface area contributed by atoms with Gasteiger partial charge < -0.3 is 14.9 Å². The summed E-state index contributed by atoms with van der Waals surface area (Å²) in [6.45, 7) is -0.433. The molecule has 0 unspecified atom stereocenters. The molecule has 0 atom stereocenters. The zero-order valence-electron chi connectivity index (χ0n) is 9.85. The summed E-state index contributed by atoms with van der Waals surface area (Å²) in [5.74, 6) is -1.52. The van der Waals surface area contributed by atoms with Crippen LogP contribution < -0.4 is 15.1 Å². The topological polar surface area (TPSA) is 82.1 Å². The molecular weight excluding hydrogens is 279 g/mol. The van der Waals surface area contributed by atoms with Gasteiger partial charge in [-0.2, -0.15) is 13.2 Å². The van der Waals surface area contributed by atoms with Crippen molar-refractivity contribution in [3.63, 3.8) is 0 Å². The van der Waals surface area contributed by atoms with Crippen molar-refractivity contribution in [2.75, 3.05) is 5.32 Å². The van der Waals surface area contributed by atoms with Gasteiger partial charge >= 0.3 is 6.18 Å². The first kappa shape index (κ1) is 13.8. The average Bonchev–Trinajstić information content (AvgIpc) is 2.73. The maximum Gasteiger partial charge on any atom is 0.418 e. The molecule has 1 aromatic heterocycles. The highest BCUT2D eigenvalue weighted by Crippen LogP contribution is 2.34. The van der Waals surface area contributed by atoms with Crippen molar-refractivity contribution in [2.24, 2.45) is 0 Å². The van der Waals surface area contributed by atoms with Crippen molar-refractivity contribution < 1.29 is 32.3 Å². The highest BCUT2D eigenvalue weighted by Gasteiger charge is 2.33. The van der Waals surface area contributed by atoms with Crippen LogP contribution >= 0.6 is 0 Å². The second kappa shape index (κ2) is 5.19. The van der Waals surface area contributed by atoms with E-state index >= 15 is 0 Å². The van der Waals surface area contributed by atoms with Gasteiger partial charge in [-0.15, -0.1) is 0 Å². The number of alkyl halides is 3. The first-order chi connectivity index (χ1) is 9.36. The number of halogens is 3. The molecule has 0 saturated carbocycles. The van der Waals surface area contributed by atoms with E-state index in [2.05, 4.69) is 15.1 Å². The van der Waals surface area contributed by atoms with E-state index in [0.717, 1.165) is 23.0 Å². The van der Waals surface area contributed by atoms with E-state index in [-0.39, 0.29) is 5.69 Å².